The number of unbranched alkanes of at least 4 members (excludes halogenated alkanes) is 8. The molecule has 0 fully saturated rings. The zero-order chi connectivity index (χ0) is 16.5. The lowest BCUT2D eigenvalue weighted by Gasteiger charge is -2.07. The van der Waals surface area contributed by atoms with Crippen molar-refractivity contribution in [3.05, 3.63) is 12.2 Å². The molecule has 1 unspecified atom stereocenters. The predicted octanol–water partition coefficient (Wildman–Crippen LogP) is 4.50. The number of amides is 1. The molecule has 0 aromatic heterocycles. The average molecular weight is 313 g/mol. The topological polar surface area (TPSA) is 69.6 Å². The second-order valence-corrected chi connectivity index (χ2v) is 6.05. The van der Waals surface area contributed by atoms with Crippen molar-refractivity contribution in [1.29, 1.82) is 0 Å². The molecule has 0 bridgehead atoms. The maximum Gasteiger partial charge on any atom is 0.243 e. The molecular formula is C18H35NO3. The first-order valence-electron chi connectivity index (χ1n) is 8.96. The molecule has 0 saturated carbocycles. The molecule has 0 heterocycles. The number of hydroxylamine groups is 1. The van der Waals surface area contributed by atoms with Gasteiger partial charge in [0.1, 0.15) is 0 Å². The van der Waals surface area contributed by atoms with Crippen LogP contribution in [0.15, 0.2) is 12.2 Å². The smallest absolute Gasteiger partial charge is 0.243 e. The first-order valence-corrected chi connectivity index (χ1v) is 8.96. The number of carbonyl (C=O) groups excluding carboxylic acids is 1. The van der Waals surface area contributed by atoms with Crippen molar-refractivity contribution < 1.29 is 15.1 Å². The number of aliphatic hydroxyl groups excluding tert-OH is 1. The van der Waals surface area contributed by atoms with Gasteiger partial charge in [-0.25, -0.2) is 5.48 Å². The van der Waals surface area contributed by atoms with Gasteiger partial charge in [0.2, 0.25) is 5.91 Å². The Balaban J connectivity index is 3.28. The van der Waals surface area contributed by atoms with Crippen molar-refractivity contribution in [1.82, 2.24) is 5.48 Å². The standard InChI is InChI=1S/C18H35NO3/c1-2-3-4-11-14-17(20)15-12-9-7-5-6-8-10-13-16-18(21)19-22/h9,12,17,20,22H,2-8,10-11,13-16H2,1H3,(H,19,21)/b12-9-. The van der Waals surface area contributed by atoms with E-state index in [9.17, 15) is 9.90 Å². The highest BCUT2D eigenvalue weighted by atomic mass is 16.5. The van der Waals surface area contributed by atoms with Gasteiger partial charge in [-0.2, -0.15) is 0 Å². The van der Waals surface area contributed by atoms with Gasteiger partial charge in [-0.05, 0) is 32.1 Å². The van der Waals surface area contributed by atoms with Crippen LogP contribution in [0.5, 0.6) is 0 Å². The van der Waals surface area contributed by atoms with E-state index in [1.807, 2.05) is 0 Å². The van der Waals surface area contributed by atoms with Gasteiger partial charge in [0, 0.05) is 6.42 Å². The van der Waals surface area contributed by atoms with E-state index in [2.05, 4.69) is 19.1 Å². The fourth-order valence-electron chi connectivity index (χ4n) is 2.43. The molecule has 0 radical (unpaired) electrons. The fraction of sp³-hybridized carbons (Fsp3) is 0.833. The summed E-state index contributed by atoms with van der Waals surface area (Å²) >= 11 is 0. The van der Waals surface area contributed by atoms with E-state index in [4.69, 9.17) is 5.21 Å². The molecule has 0 rings (SSSR count). The highest BCUT2D eigenvalue weighted by molar-refractivity contribution is 5.74. The van der Waals surface area contributed by atoms with E-state index in [1.54, 1.807) is 5.48 Å². The lowest BCUT2D eigenvalue weighted by Crippen LogP contribution is -2.17. The zero-order valence-electron chi connectivity index (χ0n) is 14.2. The molecule has 4 heteroatoms. The second-order valence-electron chi connectivity index (χ2n) is 6.05. The Bertz CT molecular complexity index is 280. The normalized spacial score (nSPS) is 12.7. The summed E-state index contributed by atoms with van der Waals surface area (Å²) in [5.41, 5.74) is 1.65. The first kappa shape index (κ1) is 21.1. The molecule has 0 aromatic rings. The molecule has 130 valence electrons. The van der Waals surface area contributed by atoms with Crippen LogP contribution in [0, 0.1) is 0 Å². The van der Waals surface area contributed by atoms with E-state index in [0.717, 1.165) is 51.4 Å². The highest BCUT2D eigenvalue weighted by Gasteiger charge is 2.00. The van der Waals surface area contributed by atoms with Gasteiger partial charge in [-0.1, -0.05) is 64.0 Å². The van der Waals surface area contributed by atoms with Gasteiger partial charge in [0.15, 0.2) is 0 Å². The van der Waals surface area contributed by atoms with Crippen LogP contribution in [-0.4, -0.2) is 22.3 Å². The number of aliphatic hydroxyl groups is 1. The zero-order valence-corrected chi connectivity index (χ0v) is 14.2. The Morgan fingerprint density at radius 2 is 1.68 bits per heavy atom. The van der Waals surface area contributed by atoms with Crippen molar-refractivity contribution in [2.75, 3.05) is 0 Å². The van der Waals surface area contributed by atoms with Gasteiger partial charge < -0.3 is 5.11 Å². The summed E-state index contributed by atoms with van der Waals surface area (Å²) < 4.78 is 0. The summed E-state index contributed by atoms with van der Waals surface area (Å²) in [6.07, 6.45) is 17.5. The van der Waals surface area contributed by atoms with Gasteiger partial charge >= 0.3 is 0 Å². The third-order valence-corrected chi connectivity index (χ3v) is 3.87. The van der Waals surface area contributed by atoms with Crippen molar-refractivity contribution in [2.45, 2.75) is 96.5 Å². The Kier molecular flexibility index (Phi) is 15.8. The minimum atomic E-state index is -0.295. The minimum Gasteiger partial charge on any atom is -0.393 e. The van der Waals surface area contributed by atoms with Crippen molar-refractivity contribution >= 4 is 5.91 Å². The fourth-order valence-corrected chi connectivity index (χ4v) is 2.43. The van der Waals surface area contributed by atoms with E-state index in [-0.39, 0.29) is 12.0 Å². The van der Waals surface area contributed by atoms with Gasteiger partial charge in [-0.15, -0.1) is 0 Å². The number of allylic oxidation sites excluding steroid dienone is 1. The third-order valence-electron chi connectivity index (χ3n) is 3.87. The summed E-state index contributed by atoms with van der Waals surface area (Å²) in [5.74, 6) is -0.295. The maximum atomic E-state index is 10.8. The van der Waals surface area contributed by atoms with Crippen LogP contribution in [0.25, 0.3) is 0 Å². The lowest BCUT2D eigenvalue weighted by atomic mass is 10.1. The SMILES string of the molecule is CCCCCCC(O)C/C=C\CCCCCCCC(=O)NO. The van der Waals surface area contributed by atoms with Crippen LogP contribution >= 0.6 is 0 Å². The summed E-state index contributed by atoms with van der Waals surface area (Å²) in [6, 6.07) is 0. The predicted molar refractivity (Wildman–Crippen MR) is 90.8 cm³/mol. The van der Waals surface area contributed by atoms with E-state index in [1.165, 1.54) is 25.7 Å². The third kappa shape index (κ3) is 15.5. The Morgan fingerprint density at radius 1 is 1.00 bits per heavy atom. The van der Waals surface area contributed by atoms with Gasteiger partial charge in [-0.3, -0.25) is 10.0 Å². The van der Waals surface area contributed by atoms with Crippen LogP contribution in [0.1, 0.15) is 90.4 Å². The van der Waals surface area contributed by atoms with Crippen LogP contribution in [0.4, 0.5) is 0 Å². The largest absolute Gasteiger partial charge is 0.393 e. The molecule has 0 aliphatic heterocycles. The Morgan fingerprint density at radius 3 is 2.41 bits per heavy atom. The van der Waals surface area contributed by atoms with Crippen LogP contribution in [-0.2, 0) is 4.79 Å². The summed E-state index contributed by atoms with van der Waals surface area (Å²) in [7, 11) is 0. The summed E-state index contributed by atoms with van der Waals surface area (Å²) in [6.45, 7) is 2.20. The second kappa shape index (κ2) is 16.5. The lowest BCUT2D eigenvalue weighted by molar-refractivity contribution is -0.129. The number of rotatable bonds is 15. The number of nitrogens with one attached hydrogen (secondary N) is 1. The summed E-state index contributed by atoms with van der Waals surface area (Å²) in [4.78, 5) is 10.8. The number of hydrogen-bond acceptors (Lipinski definition) is 3. The van der Waals surface area contributed by atoms with Crippen molar-refractivity contribution in [2.24, 2.45) is 0 Å². The Labute approximate surface area is 136 Å². The molecular weight excluding hydrogens is 278 g/mol. The molecule has 0 aliphatic carbocycles. The average Bonchev–Trinajstić information content (AvgIpc) is 2.53. The van der Waals surface area contributed by atoms with Crippen LogP contribution in [0.3, 0.4) is 0 Å². The highest BCUT2D eigenvalue weighted by Crippen LogP contribution is 2.10. The van der Waals surface area contributed by atoms with Gasteiger partial charge in [0.05, 0.1) is 6.10 Å². The van der Waals surface area contributed by atoms with Crippen molar-refractivity contribution in [3.63, 3.8) is 0 Å². The first-order chi connectivity index (χ1) is 10.7. The molecule has 0 aliphatic rings. The van der Waals surface area contributed by atoms with Gasteiger partial charge in [0.25, 0.3) is 0 Å². The molecule has 0 saturated heterocycles. The molecule has 4 nitrogen and oxygen atoms in total. The van der Waals surface area contributed by atoms with E-state index < -0.39 is 0 Å². The molecule has 0 spiro atoms. The van der Waals surface area contributed by atoms with E-state index in [0.29, 0.717) is 6.42 Å². The number of hydrogen-bond donors (Lipinski definition) is 3. The monoisotopic (exact) mass is 313 g/mol. The van der Waals surface area contributed by atoms with Crippen LogP contribution < -0.4 is 5.48 Å². The molecule has 22 heavy (non-hydrogen) atoms. The number of carbonyl (C=O) groups is 1. The van der Waals surface area contributed by atoms with Crippen molar-refractivity contribution in [3.8, 4) is 0 Å². The Hall–Kier alpha value is -0.870. The molecule has 0 aromatic carbocycles. The quantitative estimate of drug-likeness (QED) is 0.180. The summed E-state index contributed by atoms with van der Waals surface area (Å²) in [5, 5.41) is 18.2. The maximum absolute atomic E-state index is 10.8. The molecule has 3 N–H and O–H groups in total. The molecule has 1 atom stereocenters. The molecule has 1 amide bonds. The van der Waals surface area contributed by atoms with Crippen LogP contribution in [0.2, 0.25) is 0 Å². The van der Waals surface area contributed by atoms with E-state index >= 15 is 0 Å². The minimum absolute atomic E-state index is 0.175.